The van der Waals surface area contributed by atoms with Gasteiger partial charge in [0, 0.05) is 11.9 Å². The van der Waals surface area contributed by atoms with Gasteiger partial charge in [0.1, 0.15) is 5.60 Å². The van der Waals surface area contributed by atoms with Crippen molar-refractivity contribution < 1.29 is 9.53 Å². The number of aromatic nitrogens is 1. The van der Waals surface area contributed by atoms with Gasteiger partial charge in [-0.3, -0.25) is 0 Å². The molecule has 1 aromatic heterocycles. The van der Waals surface area contributed by atoms with Crippen molar-refractivity contribution in [2.24, 2.45) is 0 Å². The van der Waals surface area contributed by atoms with Gasteiger partial charge in [0.2, 0.25) is 0 Å². The summed E-state index contributed by atoms with van der Waals surface area (Å²) in [7, 11) is 0. The van der Waals surface area contributed by atoms with Crippen LogP contribution in [-0.4, -0.2) is 23.2 Å². The van der Waals surface area contributed by atoms with Gasteiger partial charge >= 0.3 is 6.09 Å². The number of thiazole rings is 1. The van der Waals surface area contributed by atoms with Crippen molar-refractivity contribution in [3.8, 4) is 0 Å². The Bertz CT molecular complexity index is 371. The third kappa shape index (κ3) is 6.11. The van der Waals surface area contributed by atoms with Gasteiger partial charge in [0.15, 0.2) is 5.13 Å². The van der Waals surface area contributed by atoms with Crippen LogP contribution in [0.2, 0.25) is 0 Å². The fraction of sp³-hybridized carbons (Fsp3) is 0.636. The van der Waals surface area contributed by atoms with Crippen LogP contribution in [0.15, 0.2) is 5.38 Å². The summed E-state index contributed by atoms with van der Waals surface area (Å²) < 4.78 is 5.11. The van der Waals surface area contributed by atoms with Crippen LogP contribution in [0.4, 0.5) is 9.93 Å². The van der Waals surface area contributed by atoms with Gasteiger partial charge in [-0.15, -0.1) is 11.3 Å². The number of ether oxygens (including phenoxy) is 1. The summed E-state index contributed by atoms with van der Waals surface area (Å²) in [6.07, 6.45) is 1.25. The first kappa shape index (κ1) is 13.8. The van der Waals surface area contributed by atoms with Crippen LogP contribution in [0.5, 0.6) is 0 Å². The van der Waals surface area contributed by atoms with Crippen LogP contribution in [0.25, 0.3) is 0 Å². The minimum Gasteiger partial charge on any atom is -0.444 e. The van der Waals surface area contributed by atoms with Crippen LogP contribution < -0.4 is 11.1 Å². The Morgan fingerprint density at radius 2 is 2.29 bits per heavy atom. The van der Waals surface area contributed by atoms with Crippen LogP contribution in [0, 0.1) is 0 Å². The van der Waals surface area contributed by atoms with Gasteiger partial charge in [0.25, 0.3) is 0 Å². The second kappa shape index (κ2) is 5.86. The molecule has 0 aliphatic carbocycles. The van der Waals surface area contributed by atoms with E-state index < -0.39 is 5.60 Å². The molecule has 0 fully saturated rings. The van der Waals surface area contributed by atoms with Crippen molar-refractivity contribution in [1.29, 1.82) is 0 Å². The molecule has 1 amide bonds. The number of carbonyl (C=O) groups excluding carboxylic acids is 1. The maximum absolute atomic E-state index is 11.3. The predicted octanol–water partition coefficient (Wildman–Crippen LogP) is 2.18. The second-order valence-electron chi connectivity index (χ2n) is 4.71. The number of nitrogens with one attached hydrogen (secondary N) is 1. The molecule has 0 saturated carbocycles. The number of hydrogen-bond acceptors (Lipinski definition) is 5. The molecular formula is C11H19N3O2S. The lowest BCUT2D eigenvalue weighted by Gasteiger charge is -2.19. The van der Waals surface area contributed by atoms with E-state index in [0.29, 0.717) is 11.7 Å². The average Bonchev–Trinajstić information content (AvgIpc) is 2.56. The van der Waals surface area contributed by atoms with Gasteiger partial charge in [-0.05, 0) is 33.6 Å². The molecule has 1 heterocycles. The minimum absolute atomic E-state index is 0.379. The van der Waals surface area contributed by atoms with E-state index >= 15 is 0 Å². The molecule has 3 N–H and O–H groups in total. The summed E-state index contributed by atoms with van der Waals surface area (Å²) in [5, 5.41) is 5.22. The average molecular weight is 257 g/mol. The molecule has 5 nitrogen and oxygen atoms in total. The fourth-order valence-electron chi connectivity index (χ4n) is 1.21. The maximum Gasteiger partial charge on any atom is 0.407 e. The van der Waals surface area contributed by atoms with Crippen molar-refractivity contribution in [2.75, 3.05) is 12.3 Å². The monoisotopic (exact) mass is 257 g/mol. The van der Waals surface area contributed by atoms with Crippen LogP contribution in [0.3, 0.4) is 0 Å². The predicted molar refractivity (Wildman–Crippen MR) is 69.1 cm³/mol. The van der Waals surface area contributed by atoms with Crippen LogP contribution in [0.1, 0.15) is 32.9 Å². The number of rotatable bonds is 4. The summed E-state index contributed by atoms with van der Waals surface area (Å²) in [5.41, 5.74) is 6.04. The molecule has 0 saturated heterocycles. The van der Waals surface area contributed by atoms with E-state index in [-0.39, 0.29) is 6.09 Å². The van der Waals surface area contributed by atoms with Crippen LogP contribution in [-0.2, 0) is 11.2 Å². The summed E-state index contributed by atoms with van der Waals surface area (Å²) in [4.78, 5) is 15.4. The Hall–Kier alpha value is -1.30. The molecule has 0 spiro atoms. The largest absolute Gasteiger partial charge is 0.444 e. The summed E-state index contributed by atoms with van der Waals surface area (Å²) in [6, 6.07) is 0. The molecule has 0 atom stereocenters. The lowest BCUT2D eigenvalue weighted by Crippen LogP contribution is -2.33. The summed E-state index contributed by atoms with van der Waals surface area (Å²) in [6.45, 7) is 6.09. The van der Waals surface area contributed by atoms with E-state index in [1.54, 1.807) is 0 Å². The van der Waals surface area contributed by atoms with Crippen LogP contribution >= 0.6 is 11.3 Å². The van der Waals surface area contributed by atoms with E-state index in [2.05, 4.69) is 10.3 Å². The van der Waals surface area contributed by atoms with Gasteiger partial charge < -0.3 is 15.8 Å². The molecule has 0 bridgehead atoms. The van der Waals surface area contributed by atoms with Crippen molar-refractivity contribution in [3.05, 3.63) is 11.1 Å². The molecule has 0 radical (unpaired) electrons. The molecule has 1 aromatic rings. The highest BCUT2D eigenvalue weighted by Crippen LogP contribution is 2.12. The Balaban J connectivity index is 2.14. The van der Waals surface area contributed by atoms with E-state index in [4.69, 9.17) is 10.5 Å². The fourth-order valence-corrected chi connectivity index (χ4v) is 1.81. The molecule has 0 aliphatic rings. The van der Waals surface area contributed by atoms with Crippen molar-refractivity contribution >= 4 is 22.6 Å². The lowest BCUT2D eigenvalue weighted by atomic mass is 10.2. The molecule has 0 aromatic carbocycles. The van der Waals surface area contributed by atoms with Crippen molar-refractivity contribution in [3.63, 3.8) is 0 Å². The normalized spacial score (nSPS) is 11.2. The second-order valence-corrected chi connectivity index (χ2v) is 5.60. The molecule has 1 rings (SSSR count). The minimum atomic E-state index is -0.451. The smallest absolute Gasteiger partial charge is 0.407 e. The third-order valence-electron chi connectivity index (χ3n) is 1.85. The van der Waals surface area contributed by atoms with Gasteiger partial charge in [-0.2, -0.15) is 0 Å². The van der Waals surface area contributed by atoms with E-state index in [1.807, 2.05) is 26.2 Å². The molecule has 17 heavy (non-hydrogen) atoms. The lowest BCUT2D eigenvalue weighted by molar-refractivity contribution is 0.0527. The van der Waals surface area contributed by atoms with Gasteiger partial charge in [-0.1, -0.05) is 0 Å². The quantitative estimate of drug-likeness (QED) is 0.810. The number of aryl methyl sites for hydroxylation is 1. The number of alkyl carbamates (subject to hydrolysis) is 1. The highest BCUT2D eigenvalue weighted by Gasteiger charge is 2.15. The maximum atomic E-state index is 11.3. The number of nitrogen functional groups attached to an aromatic ring is 1. The number of anilines is 1. The van der Waals surface area contributed by atoms with E-state index in [1.165, 1.54) is 11.3 Å². The Morgan fingerprint density at radius 3 is 2.82 bits per heavy atom. The highest BCUT2D eigenvalue weighted by molar-refractivity contribution is 7.13. The number of carbonyl (C=O) groups is 1. The van der Waals surface area contributed by atoms with Gasteiger partial charge in [-0.25, -0.2) is 9.78 Å². The zero-order valence-electron chi connectivity index (χ0n) is 10.4. The first-order valence-electron chi connectivity index (χ1n) is 5.53. The molecule has 0 unspecified atom stereocenters. The first-order valence-corrected chi connectivity index (χ1v) is 6.41. The van der Waals surface area contributed by atoms with Crippen molar-refractivity contribution in [1.82, 2.24) is 10.3 Å². The summed E-state index contributed by atoms with van der Waals surface area (Å²) in [5.74, 6) is 0. The molecule has 0 aliphatic heterocycles. The van der Waals surface area contributed by atoms with E-state index in [9.17, 15) is 4.79 Å². The standard InChI is InChI=1S/C11H19N3O2S/c1-11(2,3)16-10(15)13-6-4-5-8-7-17-9(12)14-8/h7H,4-6H2,1-3H3,(H2,12,14)(H,13,15). The summed E-state index contributed by atoms with van der Waals surface area (Å²) >= 11 is 1.43. The Kier molecular flexibility index (Phi) is 4.74. The third-order valence-corrected chi connectivity index (χ3v) is 2.57. The SMILES string of the molecule is CC(C)(C)OC(=O)NCCCc1csc(N)n1. The highest BCUT2D eigenvalue weighted by atomic mass is 32.1. The van der Waals surface area contributed by atoms with Crippen molar-refractivity contribution in [2.45, 2.75) is 39.2 Å². The topological polar surface area (TPSA) is 77.2 Å². The Labute approximate surface area is 105 Å². The molecule has 96 valence electrons. The van der Waals surface area contributed by atoms with Gasteiger partial charge in [0.05, 0.1) is 5.69 Å². The number of nitrogens with zero attached hydrogens (tertiary/aromatic N) is 1. The molecule has 6 heteroatoms. The first-order chi connectivity index (χ1) is 7.87. The number of nitrogens with two attached hydrogens (primary N) is 1. The van der Waals surface area contributed by atoms with E-state index in [0.717, 1.165) is 18.5 Å². The zero-order chi connectivity index (χ0) is 12.9. The number of amides is 1. The Morgan fingerprint density at radius 1 is 1.59 bits per heavy atom. The number of hydrogen-bond donors (Lipinski definition) is 2. The molecular weight excluding hydrogens is 238 g/mol. The zero-order valence-corrected chi connectivity index (χ0v) is 11.3.